The Balaban J connectivity index is 1.20. The van der Waals surface area contributed by atoms with Gasteiger partial charge in [-0.25, -0.2) is 4.79 Å². The predicted octanol–water partition coefficient (Wildman–Crippen LogP) is 1.94. The summed E-state index contributed by atoms with van der Waals surface area (Å²) >= 11 is 8.28. The quantitative estimate of drug-likeness (QED) is 0.375. The van der Waals surface area contributed by atoms with Crippen LogP contribution in [0.3, 0.4) is 0 Å². The van der Waals surface area contributed by atoms with Gasteiger partial charge in [0.25, 0.3) is 0 Å². The average Bonchev–Trinajstić information content (AvgIpc) is 3.25. The molecule has 0 radical (unpaired) electrons. The number of piperazine rings is 1. The molecule has 4 rings (SSSR count). The number of carbonyl (C=O) groups excluding carboxylic acids is 3. The molecular weight excluding hydrogens is 426 g/mol. The van der Waals surface area contributed by atoms with E-state index in [4.69, 9.17) is 11.6 Å². The first-order valence-electron chi connectivity index (χ1n) is 10.3. The molecule has 4 N–H and O–H groups in total. The molecule has 10 heteroatoms. The van der Waals surface area contributed by atoms with Crippen molar-refractivity contribution in [2.45, 2.75) is 43.0 Å². The highest BCUT2D eigenvalue weighted by Gasteiger charge is 2.42. The summed E-state index contributed by atoms with van der Waals surface area (Å²) < 4.78 is 0. The Morgan fingerprint density at radius 1 is 1.27 bits per heavy atom. The Kier molecular flexibility index (Phi) is 6.58. The number of anilines is 2. The number of thioether (sulfide) groups is 1. The number of unbranched alkanes of at least 4 members (excludes halogenated alkanes) is 1. The maximum atomic E-state index is 12.3. The van der Waals surface area contributed by atoms with Gasteiger partial charge in [-0.05, 0) is 31.0 Å². The van der Waals surface area contributed by atoms with Gasteiger partial charge in [0.1, 0.15) is 0 Å². The minimum atomic E-state index is -0.0668. The topological polar surface area (TPSA) is 103 Å². The summed E-state index contributed by atoms with van der Waals surface area (Å²) in [4.78, 5) is 37.2. The van der Waals surface area contributed by atoms with E-state index in [1.54, 1.807) is 6.07 Å². The Morgan fingerprint density at radius 2 is 2.13 bits per heavy atom. The van der Waals surface area contributed by atoms with Crippen LogP contribution < -0.4 is 26.2 Å². The highest BCUT2D eigenvalue weighted by atomic mass is 35.5. The van der Waals surface area contributed by atoms with Crippen molar-refractivity contribution < 1.29 is 14.4 Å². The van der Waals surface area contributed by atoms with Gasteiger partial charge in [0.05, 0.1) is 29.3 Å². The number of amides is 4. The maximum absolute atomic E-state index is 12.3. The van der Waals surface area contributed by atoms with Crippen LogP contribution >= 0.6 is 23.4 Å². The zero-order valence-corrected chi connectivity index (χ0v) is 18.2. The monoisotopic (exact) mass is 451 g/mol. The summed E-state index contributed by atoms with van der Waals surface area (Å²) in [7, 11) is 0. The number of halogens is 1. The highest BCUT2D eigenvalue weighted by molar-refractivity contribution is 8.00. The highest BCUT2D eigenvalue weighted by Crippen LogP contribution is 2.33. The third-order valence-corrected chi connectivity index (χ3v) is 7.50. The predicted molar refractivity (Wildman–Crippen MR) is 119 cm³/mol. The number of nitrogens with zero attached hydrogens (tertiary/aromatic N) is 1. The lowest BCUT2D eigenvalue weighted by molar-refractivity contribution is -0.120. The van der Waals surface area contributed by atoms with Crippen molar-refractivity contribution in [2.75, 3.05) is 35.6 Å². The summed E-state index contributed by atoms with van der Waals surface area (Å²) in [5.74, 6) is 0.893. The van der Waals surface area contributed by atoms with Crippen molar-refractivity contribution in [2.24, 2.45) is 0 Å². The summed E-state index contributed by atoms with van der Waals surface area (Å²) in [5.41, 5.74) is 1.45. The number of rotatable bonds is 7. The third kappa shape index (κ3) is 4.95. The standard InChI is InChI=1S/C20H26ClN5O3S/c21-13-9-12(5-6-15(13)26-8-7-22-18(28)10-26)23-17(27)4-2-1-3-16-19-14(11-30-16)24-20(29)25-19/h5-6,9,14,16,19H,1-4,7-8,10-11H2,(H,22,28)(H,23,27)(H2,24,25,29)/t14-,16-,19-/m0/s1. The molecule has 3 heterocycles. The van der Waals surface area contributed by atoms with Gasteiger partial charge in [-0.1, -0.05) is 18.0 Å². The Morgan fingerprint density at radius 3 is 2.93 bits per heavy atom. The molecule has 3 aliphatic heterocycles. The number of hydrogen-bond acceptors (Lipinski definition) is 5. The second-order valence-corrected chi connectivity index (χ2v) is 9.53. The number of fused-ring (bicyclic) bond motifs is 1. The lowest BCUT2D eigenvalue weighted by Gasteiger charge is -2.29. The molecule has 3 aliphatic rings. The van der Waals surface area contributed by atoms with E-state index in [2.05, 4.69) is 21.3 Å². The number of urea groups is 1. The van der Waals surface area contributed by atoms with E-state index in [0.29, 0.717) is 35.5 Å². The first-order chi connectivity index (χ1) is 14.5. The van der Waals surface area contributed by atoms with Crippen molar-refractivity contribution in [3.05, 3.63) is 23.2 Å². The zero-order chi connectivity index (χ0) is 21.1. The van der Waals surface area contributed by atoms with Crippen LogP contribution in [0.5, 0.6) is 0 Å². The van der Waals surface area contributed by atoms with Gasteiger partial charge in [-0.2, -0.15) is 11.8 Å². The summed E-state index contributed by atoms with van der Waals surface area (Å²) in [6.07, 6.45) is 3.18. The molecule has 0 bridgehead atoms. The minimum absolute atomic E-state index is 0.0206. The van der Waals surface area contributed by atoms with E-state index >= 15 is 0 Å². The largest absolute Gasteiger partial charge is 0.359 e. The maximum Gasteiger partial charge on any atom is 0.315 e. The Hall–Kier alpha value is -2.13. The Labute approximate surface area is 184 Å². The van der Waals surface area contributed by atoms with Crippen LogP contribution in [0.25, 0.3) is 0 Å². The van der Waals surface area contributed by atoms with Crippen molar-refractivity contribution in [3.8, 4) is 0 Å². The molecule has 3 fully saturated rings. The molecule has 3 saturated heterocycles. The van der Waals surface area contributed by atoms with Gasteiger partial charge in [-0.3, -0.25) is 9.59 Å². The SMILES string of the molecule is O=C1CN(c2ccc(NC(=O)CCCC[C@@H]3SC[C@@H]4NC(=O)N[C@@H]43)cc2Cl)CCN1. The lowest BCUT2D eigenvalue weighted by atomic mass is 10.0. The fourth-order valence-corrected chi connectivity index (χ4v) is 6.03. The van der Waals surface area contributed by atoms with Crippen LogP contribution in [0.4, 0.5) is 16.2 Å². The fourth-order valence-electron chi connectivity index (χ4n) is 4.18. The molecule has 0 aliphatic carbocycles. The molecule has 0 spiro atoms. The van der Waals surface area contributed by atoms with E-state index in [0.717, 1.165) is 30.7 Å². The lowest BCUT2D eigenvalue weighted by Crippen LogP contribution is -2.47. The first-order valence-corrected chi connectivity index (χ1v) is 11.7. The van der Waals surface area contributed by atoms with Crippen molar-refractivity contribution in [3.63, 3.8) is 0 Å². The number of hydrogen-bond donors (Lipinski definition) is 4. The zero-order valence-electron chi connectivity index (χ0n) is 16.6. The molecular formula is C20H26ClN5O3S. The van der Waals surface area contributed by atoms with Crippen molar-refractivity contribution >= 4 is 52.6 Å². The van der Waals surface area contributed by atoms with Crippen molar-refractivity contribution in [1.82, 2.24) is 16.0 Å². The van der Waals surface area contributed by atoms with Crippen LogP contribution in [0.2, 0.25) is 5.02 Å². The van der Waals surface area contributed by atoms with Crippen molar-refractivity contribution in [1.29, 1.82) is 0 Å². The summed E-state index contributed by atoms with van der Waals surface area (Å²) in [6, 6.07) is 5.77. The number of nitrogens with one attached hydrogen (secondary N) is 4. The van der Waals surface area contributed by atoms with E-state index in [-0.39, 0.29) is 36.5 Å². The van der Waals surface area contributed by atoms with Crippen LogP contribution in [-0.4, -0.2) is 60.6 Å². The van der Waals surface area contributed by atoms with Crippen LogP contribution in [0.1, 0.15) is 25.7 Å². The average molecular weight is 452 g/mol. The smallest absolute Gasteiger partial charge is 0.315 e. The van der Waals surface area contributed by atoms with Gasteiger partial charge >= 0.3 is 6.03 Å². The first kappa shape index (κ1) is 21.1. The molecule has 30 heavy (non-hydrogen) atoms. The van der Waals surface area contributed by atoms with E-state index < -0.39 is 0 Å². The third-order valence-electron chi connectivity index (χ3n) is 5.69. The minimum Gasteiger partial charge on any atom is -0.359 e. The summed E-state index contributed by atoms with van der Waals surface area (Å²) in [6.45, 7) is 1.58. The molecule has 0 unspecified atom stereocenters. The molecule has 0 aromatic heterocycles. The molecule has 0 saturated carbocycles. The normalized spacial score (nSPS) is 25.4. The number of benzene rings is 1. The van der Waals surface area contributed by atoms with E-state index in [9.17, 15) is 14.4 Å². The number of carbonyl (C=O) groups is 3. The summed E-state index contributed by atoms with van der Waals surface area (Å²) in [5, 5.41) is 12.6. The van der Waals surface area contributed by atoms with E-state index in [1.165, 1.54) is 0 Å². The second-order valence-electron chi connectivity index (χ2n) is 7.85. The van der Waals surface area contributed by atoms with Gasteiger partial charge in [0, 0.05) is 36.2 Å². The van der Waals surface area contributed by atoms with Gasteiger partial charge < -0.3 is 26.2 Å². The fraction of sp³-hybridized carbons (Fsp3) is 0.550. The Bertz CT molecular complexity index is 839. The molecule has 8 nitrogen and oxygen atoms in total. The molecule has 4 amide bonds. The van der Waals surface area contributed by atoms with E-state index in [1.807, 2.05) is 28.8 Å². The van der Waals surface area contributed by atoms with Crippen LogP contribution in [0, 0.1) is 0 Å². The molecule has 1 aromatic rings. The van der Waals surface area contributed by atoms with Gasteiger partial charge in [0.2, 0.25) is 11.8 Å². The van der Waals surface area contributed by atoms with Gasteiger partial charge in [0.15, 0.2) is 0 Å². The van der Waals surface area contributed by atoms with Crippen LogP contribution in [0.15, 0.2) is 18.2 Å². The molecule has 1 aromatic carbocycles. The second kappa shape index (κ2) is 9.34. The van der Waals surface area contributed by atoms with Crippen LogP contribution in [-0.2, 0) is 9.59 Å². The molecule has 3 atom stereocenters. The van der Waals surface area contributed by atoms with Gasteiger partial charge in [-0.15, -0.1) is 0 Å². The molecule has 162 valence electrons.